The zero-order chi connectivity index (χ0) is 19.8. The van der Waals surface area contributed by atoms with Gasteiger partial charge < -0.3 is 15.0 Å². The van der Waals surface area contributed by atoms with E-state index in [2.05, 4.69) is 10.3 Å². The SMILES string of the molecule is Cn1cc(C(=O)O)c(=O)c2cc3cc(F)c(NCC4CCCCC4)cc3nc21. The Hall–Kier alpha value is -2.96. The van der Waals surface area contributed by atoms with Gasteiger partial charge >= 0.3 is 5.97 Å². The fourth-order valence-electron chi connectivity index (χ4n) is 4.01. The lowest BCUT2D eigenvalue weighted by Crippen LogP contribution is -2.19. The van der Waals surface area contributed by atoms with Crippen LogP contribution in [-0.4, -0.2) is 27.2 Å². The largest absolute Gasteiger partial charge is 0.477 e. The Kier molecular flexibility index (Phi) is 4.75. The first-order valence-electron chi connectivity index (χ1n) is 9.55. The summed E-state index contributed by atoms with van der Waals surface area (Å²) < 4.78 is 16.1. The molecule has 0 saturated heterocycles. The summed E-state index contributed by atoms with van der Waals surface area (Å²) in [5.74, 6) is -1.14. The van der Waals surface area contributed by atoms with Crippen molar-refractivity contribution >= 4 is 33.6 Å². The molecular weight excluding hydrogens is 361 g/mol. The van der Waals surface area contributed by atoms with Crippen LogP contribution in [0.25, 0.3) is 21.9 Å². The van der Waals surface area contributed by atoms with E-state index in [4.69, 9.17) is 0 Å². The van der Waals surface area contributed by atoms with Crippen LogP contribution >= 0.6 is 0 Å². The Labute approximate surface area is 161 Å². The lowest BCUT2D eigenvalue weighted by atomic mass is 9.89. The predicted octanol–water partition coefficient (Wildman–Crippen LogP) is 3.92. The molecule has 28 heavy (non-hydrogen) atoms. The van der Waals surface area contributed by atoms with Gasteiger partial charge in [-0.3, -0.25) is 4.79 Å². The molecule has 2 aromatic heterocycles. The monoisotopic (exact) mass is 383 g/mol. The Balaban J connectivity index is 1.75. The molecule has 1 fully saturated rings. The summed E-state index contributed by atoms with van der Waals surface area (Å²) in [5.41, 5.74) is 0.375. The molecule has 4 rings (SSSR count). The van der Waals surface area contributed by atoms with Crippen molar-refractivity contribution in [3.63, 3.8) is 0 Å². The maximum absolute atomic E-state index is 14.6. The van der Waals surface area contributed by atoms with Gasteiger partial charge in [0.05, 0.1) is 16.6 Å². The first-order valence-corrected chi connectivity index (χ1v) is 9.55. The number of anilines is 1. The van der Waals surface area contributed by atoms with E-state index in [0.717, 1.165) is 6.54 Å². The van der Waals surface area contributed by atoms with E-state index in [1.54, 1.807) is 13.1 Å². The summed E-state index contributed by atoms with van der Waals surface area (Å²) in [5, 5.41) is 13.0. The minimum atomic E-state index is -1.30. The Morgan fingerprint density at radius 3 is 2.75 bits per heavy atom. The van der Waals surface area contributed by atoms with Gasteiger partial charge in [0.15, 0.2) is 0 Å². The van der Waals surface area contributed by atoms with Crippen LogP contribution in [0.4, 0.5) is 10.1 Å². The lowest BCUT2D eigenvalue weighted by Gasteiger charge is -2.22. The van der Waals surface area contributed by atoms with Crippen LogP contribution in [0.2, 0.25) is 0 Å². The van der Waals surface area contributed by atoms with Gasteiger partial charge in [-0.05, 0) is 37.0 Å². The number of aromatic nitrogens is 2. The number of hydrogen-bond donors (Lipinski definition) is 2. The van der Waals surface area contributed by atoms with Crippen LogP contribution in [0, 0.1) is 11.7 Å². The van der Waals surface area contributed by atoms with E-state index in [1.165, 1.54) is 55.0 Å². The maximum atomic E-state index is 14.6. The molecule has 3 aromatic rings. The van der Waals surface area contributed by atoms with Crippen LogP contribution in [0.5, 0.6) is 0 Å². The topological polar surface area (TPSA) is 84.2 Å². The minimum absolute atomic E-state index is 0.164. The number of benzene rings is 1. The fourth-order valence-corrected chi connectivity index (χ4v) is 4.01. The number of nitrogens with zero attached hydrogens (tertiary/aromatic N) is 2. The highest BCUT2D eigenvalue weighted by Gasteiger charge is 2.17. The van der Waals surface area contributed by atoms with Gasteiger partial charge in [0.1, 0.15) is 17.0 Å². The van der Waals surface area contributed by atoms with Gasteiger partial charge in [-0.25, -0.2) is 14.2 Å². The fraction of sp³-hybridized carbons (Fsp3) is 0.381. The second kappa shape index (κ2) is 7.22. The van der Waals surface area contributed by atoms with Crippen LogP contribution in [0.1, 0.15) is 42.5 Å². The summed E-state index contributed by atoms with van der Waals surface area (Å²) in [4.78, 5) is 28.2. The Morgan fingerprint density at radius 1 is 1.29 bits per heavy atom. The van der Waals surface area contributed by atoms with Crippen molar-refractivity contribution in [1.29, 1.82) is 0 Å². The van der Waals surface area contributed by atoms with Crippen molar-refractivity contribution in [2.75, 3.05) is 11.9 Å². The molecule has 0 spiro atoms. The molecule has 0 aliphatic heterocycles. The summed E-state index contributed by atoms with van der Waals surface area (Å²) in [7, 11) is 1.64. The molecule has 0 radical (unpaired) electrons. The number of hydrogen-bond acceptors (Lipinski definition) is 4. The molecule has 1 aliphatic rings. The van der Waals surface area contributed by atoms with E-state index in [0.29, 0.717) is 28.2 Å². The maximum Gasteiger partial charge on any atom is 0.341 e. The highest BCUT2D eigenvalue weighted by atomic mass is 19.1. The van der Waals surface area contributed by atoms with Crippen molar-refractivity contribution in [2.45, 2.75) is 32.1 Å². The minimum Gasteiger partial charge on any atom is -0.477 e. The number of nitrogens with one attached hydrogen (secondary N) is 1. The van der Waals surface area contributed by atoms with E-state index in [-0.39, 0.29) is 10.9 Å². The van der Waals surface area contributed by atoms with Crippen LogP contribution in [-0.2, 0) is 7.05 Å². The average molecular weight is 383 g/mol. The molecule has 6 nitrogen and oxygen atoms in total. The smallest absolute Gasteiger partial charge is 0.341 e. The van der Waals surface area contributed by atoms with Crippen LogP contribution < -0.4 is 10.7 Å². The lowest BCUT2D eigenvalue weighted by molar-refractivity contribution is 0.0695. The molecule has 146 valence electrons. The van der Waals surface area contributed by atoms with Gasteiger partial charge in [0, 0.05) is 25.2 Å². The molecule has 1 aliphatic carbocycles. The molecule has 0 unspecified atom stereocenters. The molecule has 1 aromatic carbocycles. The van der Waals surface area contributed by atoms with E-state index in [1.807, 2.05) is 0 Å². The summed E-state index contributed by atoms with van der Waals surface area (Å²) >= 11 is 0. The number of carboxylic acids is 1. The summed E-state index contributed by atoms with van der Waals surface area (Å²) in [6, 6.07) is 4.51. The third kappa shape index (κ3) is 3.32. The molecule has 1 saturated carbocycles. The van der Waals surface area contributed by atoms with E-state index in [9.17, 15) is 19.1 Å². The summed E-state index contributed by atoms with van der Waals surface area (Å²) in [6.07, 6.45) is 7.33. The number of rotatable bonds is 4. The second-order valence-electron chi connectivity index (χ2n) is 7.56. The van der Waals surface area contributed by atoms with Crippen molar-refractivity contribution in [3.05, 3.63) is 46.0 Å². The number of carboxylic acid groups (broad SMARTS) is 1. The van der Waals surface area contributed by atoms with Crippen LogP contribution in [0.3, 0.4) is 0 Å². The molecule has 2 N–H and O–H groups in total. The van der Waals surface area contributed by atoms with E-state index >= 15 is 0 Å². The van der Waals surface area contributed by atoms with Crippen molar-refractivity contribution in [2.24, 2.45) is 13.0 Å². The first-order chi connectivity index (χ1) is 13.4. The number of aryl methyl sites for hydroxylation is 1. The zero-order valence-electron chi connectivity index (χ0n) is 15.7. The molecular formula is C21H22FN3O3. The van der Waals surface area contributed by atoms with Crippen molar-refractivity contribution in [3.8, 4) is 0 Å². The standard InChI is InChI=1S/C21H22FN3O3/c1-25-11-15(21(27)28)19(26)14-7-13-8-16(22)18(9-17(13)24-20(14)25)23-10-12-5-3-2-4-6-12/h7-9,11-12,23H,2-6,10H2,1H3,(H,27,28). The average Bonchev–Trinajstić information content (AvgIpc) is 2.68. The highest BCUT2D eigenvalue weighted by Crippen LogP contribution is 2.27. The molecule has 0 bridgehead atoms. The van der Waals surface area contributed by atoms with Crippen LogP contribution in [0.15, 0.2) is 29.2 Å². The highest BCUT2D eigenvalue weighted by molar-refractivity contribution is 5.96. The van der Waals surface area contributed by atoms with Gasteiger partial charge in [-0.2, -0.15) is 0 Å². The number of halogens is 1. The first kappa shape index (κ1) is 18.4. The normalized spacial score (nSPS) is 15.2. The Morgan fingerprint density at radius 2 is 2.04 bits per heavy atom. The van der Waals surface area contributed by atoms with Gasteiger partial charge in [0.2, 0.25) is 5.43 Å². The quantitative estimate of drug-likeness (QED) is 0.667. The van der Waals surface area contributed by atoms with Crippen molar-refractivity contribution < 1.29 is 14.3 Å². The third-order valence-corrected chi connectivity index (χ3v) is 5.57. The zero-order valence-corrected chi connectivity index (χ0v) is 15.7. The Bertz CT molecular complexity index is 1130. The predicted molar refractivity (Wildman–Crippen MR) is 106 cm³/mol. The molecule has 0 atom stereocenters. The third-order valence-electron chi connectivity index (χ3n) is 5.57. The number of aromatic carboxylic acids is 1. The molecule has 2 heterocycles. The van der Waals surface area contributed by atoms with Gasteiger partial charge in [-0.1, -0.05) is 19.3 Å². The second-order valence-corrected chi connectivity index (χ2v) is 7.56. The van der Waals surface area contributed by atoms with Gasteiger partial charge in [0.25, 0.3) is 0 Å². The number of carbonyl (C=O) groups is 1. The summed E-state index contributed by atoms with van der Waals surface area (Å²) in [6.45, 7) is 0.733. The van der Waals surface area contributed by atoms with Crippen molar-refractivity contribution in [1.82, 2.24) is 9.55 Å². The van der Waals surface area contributed by atoms with E-state index < -0.39 is 17.2 Å². The molecule has 0 amide bonds. The van der Waals surface area contributed by atoms with Gasteiger partial charge in [-0.15, -0.1) is 0 Å². The number of pyridine rings is 2. The number of fused-ring (bicyclic) bond motifs is 2. The molecule has 7 heteroatoms.